The van der Waals surface area contributed by atoms with E-state index in [0.717, 1.165) is 67.2 Å². The molecule has 0 spiro atoms. The van der Waals surface area contributed by atoms with Crippen LogP contribution in [-0.2, 0) is 6.42 Å². The lowest BCUT2D eigenvalue weighted by atomic mass is 10.0. The van der Waals surface area contributed by atoms with Crippen LogP contribution < -0.4 is 5.32 Å². The van der Waals surface area contributed by atoms with E-state index >= 15 is 0 Å². The molecular weight excluding hydrogens is 460 g/mol. The number of aryl methyl sites for hydroxylation is 2. The Kier molecular flexibility index (Phi) is 6.21. The van der Waals surface area contributed by atoms with Gasteiger partial charge in [-0.2, -0.15) is 0 Å². The molecule has 0 bridgehead atoms. The fourth-order valence-electron chi connectivity index (χ4n) is 5.35. The summed E-state index contributed by atoms with van der Waals surface area (Å²) in [7, 11) is 2.19. The summed E-state index contributed by atoms with van der Waals surface area (Å²) in [4.78, 5) is 26.6. The van der Waals surface area contributed by atoms with Crippen molar-refractivity contribution >= 4 is 17.2 Å². The molecule has 2 aromatic carbocycles. The van der Waals surface area contributed by atoms with Crippen LogP contribution in [0.1, 0.15) is 50.8 Å². The third-order valence-electron chi connectivity index (χ3n) is 7.57. The van der Waals surface area contributed by atoms with Gasteiger partial charge in [-0.15, -0.1) is 0 Å². The zero-order valence-corrected chi connectivity index (χ0v) is 21.2. The van der Waals surface area contributed by atoms with Crippen molar-refractivity contribution in [2.75, 3.05) is 38.5 Å². The Hall–Kier alpha value is -3.99. The number of rotatable bonds is 3. The number of hydrogen-bond donors (Lipinski definition) is 1. The van der Waals surface area contributed by atoms with Crippen LogP contribution in [-0.4, -0.2) is 63.3 Å². The molecule has 7 heteroatoms. The van der Waals surface area contributed by atoms with Gasteiger partial charge in [0.05, 0.1) is 12.4 Å². The summed E-state index contributed by atoms with van der Waals surface area (Å²) >= 11 is 0. The normalized spacial score (nSPS) is 17.8. The topological polar surface area (TPSA) is 65.8 Å². The van der Waals surface area contributed by atoms with Crippen LogP contribution in [0.5, 0.6) is 0 Å². The van der Waals surface area contributed by atoms with Crippen LogP contribution in [0.4, 0.5) is 5.69 Å². The van der Waals surface area contributed by atoms with E-state index in [1.165, 1.54) is 11.1 Å². The average Bonchev–Trinajstić information content (AvgIpc) is 3.53. The highest BCUT2D eigenvalue weighted by Gasteiger charge is 2.30. The van der Waals surface area contributed by atoms with E-state index in [2.05, 4.69) is 56.1 Å². The van der Waals surface area contributed by atoms with Crippen LogP contribution in [0.15, 0.2) is 61.2 Å². The zero-order chi connectivity index (χ0) is 25.4. The predicted octanol–water partition coefficient (Wildman–Crippen LogP) is 3.92. The first kappa shape index (κ1) is 23.4. The number of amides is 1. The number of nitrogens with one attached hydrogen (secondary N) is 1. The molecule has 1 aliphatic heterocycles. The second kappa shape index (κ2) is 9.81. The number of imidazole rings is 1. The Morgan fingerprint density at radius 1 is 1.05 bits per heavy atom. The highest BCUT2D eigenvalue weighted by molar-refractivity contribution is 6.04. The van der Waals surface area contributed by atoms with Crippen LogP contribution in [0.2, 0.25) is 0 Å². The van der Waals surface area contributed by atoms with Crippen molar-refractivity contribution in [3.05, 3.63) is 94.7 Å². The fourth-order valence-corrected chi connectivity index (χ4v) is 5.35. The van der Waals surface area contributed by atoms with Gasteiger partial charge in [0, 0.05) is 61.4 Å². The summed E-state index contributed by atoms with van der Waals surface area (Å²) < 4.78 is 1.91. The second-order valence-corrected chi connectivity index (χ2v) is 9.99. The SMILES string of the molecule is Cc1ccc(NC(=O)c2ccc3c(c2)CC[C@@H]3N2CCN(C)CC2)cc1C#Cc1cnc2cnccn12. The lowest BCUT2D eigenvalue weighted by molar-refractivity contribution is 0.102. The van der Waals surface area contributed by atoms with Crippen LogP contribution in [0.3, 0.4) is 0 Å². The quantitative estimate of drug-likeness (QED) is 0.441. The Labute approximate surface area is 217 Å². The number of likely N-dealkylation sites (N-methyl/N-ethyl adjacent to an activating group) is 1. The number of anilines is 1. The van der Waals surface area contributed by atoms with E-state index < -0.39 is 0 Å². The van der Waals surface area contributed by atoms with Gasteiger partial charge >= 0.3 is 0 Å². The summed E-state index contributed by atoms with van der Waals surface area (Å²) in [6, 6.07) is 12.5. The molecule has 4 aromatic rings. The first-order chi connectivity index (χ1) is 18.0. The maximum atomic E-state index is 13.1. The second-order valence-electron chi connectivity index (χ2n) is 9.99. The summed E-state index contributed by atoms with van der Waals surface area (Å²) in [6.07, 6.45) is 9.17. The molecule has 3 heterocycles. The molecule has 1 saturated heterocycles. The van der Waals surface area contributed by atoms with E-state index in [1.807, 2.05) is 41.8 Å². The number of carbonyl (C=O) groups is 1. The molecule has 0 saturated carbocycles. The standard InChI is InChI=1S/C30H30N6O/c1-21-3-7-25(18-22(21)4-8-26-19-32-29-20-31-11-12-36(26)29)33-30(37)24-5-9-27-23(17-24)6-10-28(27)35-15-13-34(2)14-16-35/h3,5,7,9,11-12,17-20,28H,6,10,13-16H2,1-2H3,(H,33,37)/t28-/m0/s1. The van der Waals surface area contributed by atoms with Crippen molar-refractivity contribution in [2.24, 2.45) is 0 Å². The molecule has 2 aliphatic rings. The molecule has 1 amide bonds. The number of fused-ring (bicyclic) bond motifs is 2. The van der Waals surface area contributed by atoms with Gasteiger partial charge in [0.15, 0.2) is 5.65 Å². The lowest BCUT2D eigenvalue weighted by Gasteiger charge is -2.36. The first-order valence-corrected chi connectivity index (χ1v) is 12.8. The largest absolute Gasteiger partial charge is 0.322 e. The molecule has 1 atom stereocenters. The van der Waals surface area contributed by atoms with Gasteiger partial charge in [-0.05, 0) is 73.7 Å². The number of aromatic nitrogens is 3. The minimum absolute atomic E-state index is 0.0945. The molecular formula is C30H30N6O. The molecule has 1 fully saturated rings. The smallest absolute Gasteiger partial charge is 0.255 e. The first-order valence-electron chi connectivity index (χ1n) is 12.8. The molecule has 1 aliphatic carbocycles. The monoisotopic (exact) mass is 490 g/mol. The lowest BCUT2D eigenvalue weighted by Crippen LogP contribution is -2.45. The number of nitrogens with zero attached hydrogens (tertiary/aromatic N) is 5. The number of hydrogen-bond acceptors (Lipinski definition) is 5. The Bertz CT molecular complexity index is 1540. The fraction of sp³-hybridized carbons (Fsp3) is 0.300. The van der Waals surface area contributed by atoms with Crippen LogP contribution >= 0.6 is 0 Å². The van der Waals surface area contributed by atoms with Crippen molar-refractivity contribution in [3.8, 4) is 11.8 Å². The molecule has 0 radical (unpaired) electrons. The Morgan fingerprint density at radius 3 is 2.78 bits per heavy atom. The maximum Gasteiger partial charge on any atom is 0.255 e. The number of benzene rings is 2. The van der Waals surface area contributed by atoms with E-state index in [1.54, 1.807) is 18.6 Å². The minimum Gasteiger partial charge on any atom is -0.322 e. The van der Waals surface area contributed by atoms with E-state index in [4.69, 9.17) is 0 Å². The highest BCUT2D eigenvalue weighted by atomic mass is 16.1. The minimum atomic E-state index is -0.0945. The summed E-state index contributed by atoms with van der Waals surface area (Å²) in [5, 5.41) is 3.07. The van der Waals surface area contributed by atoms with Gasteiger partial charge in [0.25, 0.3) is 5.91 Å². The molecule has 186 valence electrons. The van der Waals surface area contributed by atoms with E-state index in [-0.39, 0.29) is 5.91 Å². The van der Waals surface area contributed by atoms with Gasteiger partial charge < -0.3 is 10.2 Å². The van der Waals surface area contributed by atoms with Crippen molar-refractivity contribution in [1.29, 1.82) is 0 Å². The molecule has 6 rings (SSSR count). The molecule has 7 nitrogen and oxygen atoms in total. The van der Waals surface area contributed by atoms with Crippen LogP contribution in [0.25, 0.3) is 5.65 Å². The van der Waals surface area contributed by atoms with Gasteiger partial charge in [0.2, 0.25) is 0 Å². The van der Waals surface area contributed by atoms with E-state index in [0.29, 0.717) is 11.6 Å². The average molecular weight is 491 g/mol. The Balaban J connectivity index is 1.18. The molecule has 2 aromatic heterocycles. The number of carbonyl (C=O) groups excluding carboxylic acids is 1. The summed E-state index contributed by atoms with van der Waals surface area (Å²) in [5.41, 5.74) is 7.59. The zero-order valence-electron chi connectivity index (χ0n) is 21.2. The van der Waals surface area contributed by atoms with Crippen LogP contribution in [0, 0.1) is 18.8 Å². The third kappa shape index (κ3) is 4.74. The van der Waals surface area contributed by atoms with Crippen molar-refractivity contribution in [3.63, 3.8) is 0 Å². The van der Waals surface area contributed by atoms with Gasteiger partial charge in [-0.25, -0.2) is 4.98 Å². The molecule has 1 N–H and O–H groups in total. The van der Waals surface area contributed by atoms with Gasteiger partial charge in [0.1, 0.15) is 5.69 Å². The summed E-state index contributed by atoms with van der Waals surface area (Å²) in [5.74, 6) is 6.35. The molecule has 0 unspecified atom stereocenters. The van der Waals surface area contributed by atoms with Crippen molar-refractivity contribution in [2.45, 2.75) is 25.8 Å². The Morgan fingerprint density at radius 2 is 1.92 bits per heavy atom. The van der Waals surface area contributed by atoms with Gasteiger partial charge in [-0.3, -0.25) is 19.1 Å². The van der Waals surface area contributed by atoms with Crippen molar-refractivity contribution in [1.82, 2.24) is 24.2 Å². The van der Waals surface area contributed by atoms with Crippen molar-refractivity contribution < 1.29 is 4.79 Å². The third-order valence-corrected chi connectivity index (χ3v) is 7.57. The van der Waals surface area contributed by atoms with E-state index in [9.17, 15) is 4.79 Å². The molecule has 37 heavy (non-hydrogen) atoms. The van der Waals surface area contributed by atoms with Gasteiger partial charge in [-0.1, -0.05) is 18.1 Å². The summed E-state index contributed by atoms with van der Waals surface area (Å²) in [6.45, 7) is 6.47. The predicted molar refractivity (Wildman–Crippen MR) is 145 cm³/mol. The highest BCUT2D eigenvalue weighted by Crippen LogP contribution is 2.36. The maximum absolute atomic E-state index is 13.1. The number of piperazine rings is 1.